The lowest BCUT2D eigenvalue weighted by molar-refractivity contribution is 0.0769. The summed E-state index contributed by atoms with van der Waals surface area (Å²) >= 11 is 0. The number of halogens is 1. The maximum absolute atomic E-state index is 13.7. The molecule has 0 spiro atoms. The van der Waals surface area contributed by atoms with E-state index in [-0.39, 0.29) is 17.4 Å². The standard InChI is InChI=1S/C17H27FN2/c1-4-20(5-2)17(8-6-7-9-17)16(19)14-10-13(3)11-15(18)12-14/h10-12,16H,4-9,19H2,1-3H3. The minimum atomic E-state index is -0.178. The lowest BCUT2D eigenvalue weighted by Crippen LogP contribution is -2.53. The Labute approximate surface area is 122 Å². The van der Waals surface area contributed by atoms with Crippen molar-refractivity contribution in [1.29, 1.82) is 0 Å². The normalized spacial score (nSPS) is 19.5. The molecule has 3 heteroatoms. The third kappa shape index (κ3) is 2.75. The predicted molar refractivity (Wildman–Crippen MR) is 82.2 cm³/mol. The second kappa shape index (κ2) is 6.23. The molecule has 1 fully saturated rings. The molecule has 112 valence electrons. The number of nitrogens with two attached hydrogens (primary N) is 1. The van der Waals surface area contributed by atoms with E-state index in [1.165, 1.54) is 12.8 Å². The lowest BCUT2D eigenvalue weighted by atomic mass is 9.82. The SMILES string of the molecule is CCN(CC)C1(C(N)c2cc(C)cc(F)c2)CCCC1. The van der Waals surface area contributed by atoms with Crippen molar-refractivity contribution in [2.75, 3.05) is 13.1 Å². The van der Waals surface area contributed by atoms with Crippen molar-refractivity contribution in [3.8, 4) is 0 Å². The third-order valence-electron chi connectivity index (χ3n) is 4.87. The molecule has 1 aromatic carbocycles. The van der Waals surface area contributed by atoms with E-state index in [1.807, 2.05) is 13.0 Å². The van der Waals surface area contributed by atoms with Gasteiger partial charge in [-0.05, 0) is 56.1 Å². The maximum Gasteiger partial charge on any atom is 0.123 e. The Kier molecular flexibility index (Phi) is 4.82. The van der Waals surface area contributed by atoms with Gasteiger partial charge in [0.15, 0.2) is 0 Å². The summed E-state index contributed by atoms with van der Waals surface area (Å²) in [5, 5.41) is 0. The van der Waals surface area contributed by atoms with E-state index in [0.717, 1.165) is 37.1 Å². The zero-order chi connectivity index (χ0) is 14.8. The van der Waals surface area contributed by atoms with E-state index in [0.29, 0.717) is 0 Å². The second-order valence-electron chi connectivity index (χ2n) is 6.02. The fraction of sp³-hybridized carbons (Fsp3) is 0.647. The van der Waals surface area contributed by atoms with E-state index in [4.69, 9.17) is 5.73 Å². The molecule has 1 unspecified atom stereocenters. The highest BCUT2D eigenvalue weighted by molar-refractivity contribution is 5.29. The summed E-state index contributed by atoms with van der Waals surface area (Å²) in [7, 11) is 0. The molecule has 2 N–H and O–H groups in total. The van der Waals surface area contributed by atoms with Crippen LogP contribution in [0.1, 0.15) is 56.7 Å². The van der Waals surface area contributed by atoms with Gasteiger partial charge in [0.1, 0.15) is 5.82 Å². The fourth-order valence-corrected chi connectivity index (χ4v) is 3.92. The predicted octanol–water partition coefficient (Wildman–Crippen LogP) is 3.79. The van der Waals surface area contributed by atoms with E-state index >= 15 is 0 Å². The van der Waals surface area contributed by atoms with Gasteiger partial charge in [-0.2, -0.15) is 0 Å². The molecule has 1 aliphatic carbocycles. The highest BCUT2D eigenvalue weighted by atomic mass is 19.1. The van der Waals surface area contributed by atoms with Crippen LogP contribution in [0.3, 0.4) is 0 Å². The fourth-order valence-electron chi connectivity index (χ4n) is 3.92. The Morgan fingerprint density at radius 2 is 1.80 bits per heavy atom. The summed E-state index contributed by atoms with van der Waals surface area (Å²) in [6.07, 6.45) is 4.67. The Bertz CT molecular complexity index is 428. The summed E-state index contributed by atoms with van der Waals surface area (Å²) in [5.74, 6) is -0.178. The van der Waals surface area contributed by atoms with E-state index in [2.05, 4.69) is 18.7 Å². The first kappa shape index (κ1) is 15.5. The van der Waals surface area contributed by atoms with Gasteiger partial charge in [0.05, 0.1) is 0 Å². The van der Waals surface area contributed by atoms with Crippen LogP contribution in [0, 0.1) is 12.7 Å². The van der Waals surface area contributed by atoms with Crippen LogP contribution < -0.4 is 5.73 Å². The maximum atomic E-state index is 13.7. The minimum absolute atomic E-state index is 0.00370. The molecule has 0 bridgehead atoms. The summed E-state index contributed by atoms with van der Waals surface area (Å²) in [6, 6.07) is 5.10. The Hall–Kier alpha value is -0.930. The van der Waals surface area contributed by atoms with Crippen LogP contribution in [0.5, 0.6) is 0 Å². The van der Waals surface area contributed by atoms with Crippen LogP contribution in [0.2, 0.25) is 0 Å². The number of hydrogen-bond donors (Lipinski definition) is 1. The lowest BCUT2D eigenvalue weighted by Gasteiger charge is -2.45. The highest BCUT2D eigenvalue weighted by Crippen LogP contribution is 2.43. The summed E-state index contributed by atoms with van der Waals surface area (Å²) in [6.45, 7) is 8.30. The highest BCUT2D eigenvalue weighted by Gasteiger charge is 2.43. The van der Waals surface area contributed by atoms with Gasteiger partial charge in [-0.3, -0.25) is 4.90 Å². The Morgan fingerprint density at radius 1 is 1.20 bits per heavy atom. The van der Waals surface area contributed by atoms with Crippen molar-refractivity contribution in [2.24, 2.45) is 5.73 Å². The number of nitrogens with zero attached hydrogens (tertiary/aromatic N) is 1. The Morgan fingerprint density at radius 3 is 2.30 bits per heavy atom. The molecule has 0 saturated heterocycles. The van der Waals surface area contributed by atoms with Crippen molar-refractivity contribution < 1.29 is 4.39 Å². The number of aryl methyl sites for hydroxylation is 1. The van der Waals surface area contributed by atoms with Gasteiger partial charge in [-0.25, -0.2) is 4.39 Å². The molecule has 20 heavy (non-hydrogen) atoms. The first-order valence-electron chi connectivity index (χ1n) is 7.81. The number of rotatable bonds is 5. The van der Waals surface area contributed by atoms with Gasteiger partial charge >= 0.3 is 0 Å². The van der Waals surface area contributed by atoms with Crippen LogP contribution in [0.25, 0.3) is 0 Å². The number of hydrogen-bond acceptors (Lipinski definition) is 2. The van der Waals surface area contributed by atoms with Crippen LogP contribution in [0.15, 0.2) is 18.2 Å². The van der Waals surface area contributed by atoms with Gasteiger partial charge in [0.25, 0.3) is 0 Å². The van der Waals surface area contributed by atoms with Crippen molar-refractivity contribution in [3.63, 3.8) is 0 Å². The minimum Gasteiger partial charge on any atom is -0.322 e. The van der Waals surface area contributed by atoms with Gasteiger partial charge < -0.3 is 5.73 Å². The van der Waals surface area contributed by atoms with E-state index in [1.54, 1.807) is 12.1 Å². The van der Waals surface area contributed by atoms with Crippen molar-refractivity contribution >= 4 is 0 Å². The molecule has 0 heterocycles. The van der Waals surface area contributed by atoms with Crippen molar-refractivity contribution in [3.05, 3.63) is 35.1 Å². The zero-order valence-corrected chi connectivity index (χ0v) is 13.0. The van der Waals surface area contributed by atoms with E-state index in [9.17, 15) is 4.39 Å². The molecular weight excluding hydrogens is 251 g/mol. The second-order valence-corrected chi connectivity index (χ2v) is 6.02. The van der Waals surface area contributed by atoms with Crippen LogP contribution >= 0.6 is 0 Å². The van der Waals surface area contributed by atoms with Crippen molar-refractivity contribution in [1.82, 2.24) is 4.90 Å². The van der Waals surface area contributed by atoms with Crippen LogP contribution in [0.4, 0.5) is 4.39 Å². The topological polar surface area (TPSA) is 29.3 Å². The number of likely N-dealkylation sites (N-methyl/N-ethyl adjacent to an activating group) is 1. The summed E-state index contributed by atoms with van der Waals surface area (Å²) < 4.78 is 13.7. The molecule has 0 amide bonds. The third-order valence-corrected chi connectivity index (χ3v) is 4.87. The van der Waals surface area contributed by atoms with E-state index < -0.39 is 0 Å². The molecule has 1 saturated carbocycles. The molecule has 1 atom stereocenters. The first-order chi connectivity index (χ1) is 9.53. The molecule has 1 aromatic rings. The monoisotopic (exact) mass is 278 g/mol. The van der Waals surface area contributed by atoms with Gasteiger partial charge in [0.2, 0.25) is 0 Å². The molecule has 0 radical (unpaired) electrons. The Balaban J connectivity index is 2.38. The van der Waals surface area contributed by atoms with Crippen LogP contribution in [-0.2, 0) is 0 Å². The molecule has 2 rings (SSSR count). The first-order valence-corrected chi connectivity index (χ1v) is 7.81. The van der Waals surface area contributed by atoms with Crippen LogP contribution in [-0.4, -0.2) is 23.5 Å². The molecule has 0 aromatic heterocycles. The van der Waals surface area contributed by atoms with Gasteiger partial charge in [0, 0.05) is 11.6 Å². The summed E-state index contributed by atoms with van der Waals surface area (Å²) in [4.78, 5) is 2.48. The smallest absolute Gasteiger partial charge is 0.123 e. The number of benzene rings is 1. The average molecular weight is 278 g/mol. The molecule has 2 nitrogen and oxygen atoms in total. The quantitative estimate of drug-likeness (QED) is 0.888. The van der Waals surface area contributed by atoms with Gasteiger partial charge in [-0.15, -0.1) is 0 Å². The van der Waals surface area contributed by atoms with Crippen molar-refractivity contribution in [2.45, 2.75) is 58.0 Å². The largest absolute Gasteiger partial charge is 0.322 e. The zero-order valence-electron chi connectivity index (χ0n) is 13.0. The molecular formula is C17H27FN2. The molecule has 1 aliphatic rings. The average Bonchev–Trinajstić information content (AvgIpc) is 2.89. The summed E-state index contributed by atoms with van der Waals surface area (Å²) in [5.41, 5.74) is 8.51. The van der Waals surface area contributed by atoms with Gasteiger partial charge in [-0.1, -0.05) is 32.8 Å². The molecule has 0 aliphatic heterocycles.